The van der Waals surface area contributed by atoms with Gasteiger partial charge in [0, 0.05) is 36.0 Å². The van der Waals surface area contributed by atoms with Crippen LogP contribution in [0.2, 0.25) is 0 Å². The molecule has 1 aliphatic carbocycles. The molecule has 424 valence electrons. The first kappa shape index (κ1) is 56.3. The molecule has 0 fully saturated rings. The quantitative estimate of drug-likeness (QED) is 0.0303. The predicted octanol–water partition coefficient (Wildman–Crippen LogP) is 4.05. The first-order valence-corrected chi connectivity index (χ1v) is 27.4. The van der Waals surface area contributed by atoms with Gasteiger partial charge in [0.15, 0.2) is 5.78 Å². The molecule has 2 amide bonds. The average Bonchev–Trinajstić information content (AvgIpc) is 3.36. The van der Waals surface area contributed by atoms with Crippen LogP contribution >= 0.6 is 8.17 Å². The van der Waals surface area contributed by atoms with E-state index in [1.165, 1.54) is 24.3 Å². The van der Waals surface area contributed by atoms with Crippen LogP contribution in [0.5, 0.6) is 0 Å². The van der Waals surface area contributed by atoms with Crippen LogP contribution in [-0.2, 0) is 38.1 Å². The SMILES string of the molecule is Cc1c(-c2ccc(C(=O)NCCO[PH](O)(O)OCCNC(=O)c3ccc(-c4c(C)c(C(=O)C5C=Cc6c([nH]c(=O)n(CC(=O)O)c6=O)C5)n5ccccc45)cc3)cc2)c2ccccn2c1C(=O)c1ccc2c(=O)n(CC(=O)O)c(=O)[nH]c2c1. The van der Waals surface area contributed by atoms with Crippen LogP contribution in [0.3, 0.4) is 0 Å². The Morgan fingerprint density at radius 3 is 1.66 bits per heavy atom. The van der Waals surface area contributed by atoms with Gasteiger partial charge in [0.1, 0.15) is 13.1 Å². The van der Waals surface area contributed by atoms with Crippen LogP contribution in [-0.4, -0.2) is 110 Å². The molecule has 1 atom stereocenters. The molecule has 1 unspecified atom stereocenters. The first-order valence-electron chi connectivity index (χ1n) is 25.7. The maximum atomic E-state index is 14.2. The molecule has 3 aromatic carbocycles. The fourth-order valence-corrected chi connectivity index (χ4v) is 11.2. The Bertz CT molecular complexity index is 4450. The van der Waals surface area contributed by atoms with Gasteiger partial charge in [-0.1, -0.05) is 30.4 Å². The number of nitrogens with zero attached hydrogens (tertiary/aromatic N) is 4. The van der Waals surface area contributed by atoms with Crippen molar-refractivity contribution in [1.82, 2.24) is 38.5 Å². The van der Waals surface area contributed by atoms with E-state index in [1.54, 1.807) is 102 Å². The van der Waals surface area contributed by atoms with E-state index in [0.717, 1.165) is 5.56 Å². The summed E-state index contributed by atoms with van der Waals surface area (Å²) in [6.45, 7) is 1.03. The number of aromatic amines is 2. The molecule has 8 N–H and O–H groups in total. The number of aromatic nitrogens is 6. The summed E-state index contributed by atoms with van der Waals surface area (Å²) in [7, 11) is -4.70. The van der Waals surface area contributed by atoms with Gasteiger partial charge in [0.2, 0.25) is 5.78 Å². The Morgan fingerprint density at radius 2 is 1.12 bits per heavy atom. The molecule has 0 bridgehead atoms. The van der Waals surface area contributed by atoms with E-state index in [9.17, 15) is 57.7 Å². The zero-order valence-corrected chi connectivity index (χ0v) is 45.1. The van der Waals surface area contributed by atoms with Crippen LogP contribution in [0.4, 0.5) is 0 Å². The maximum absolute atomic E-state index is 14.2. The summed E-state index contributed by atoms with van der Waals surface area (Å²) in [5.41, 5.74) is 3.84. The molecule has 83 heavy (non-hydrogen) atoms. The average molecular weight is 1150 g/mol. The van der Waals surface area contributed by atoms with Gasteiger partial charge in [0.05, 0.1) is 16.5 Å². The molecular formula is C58H51N8O16P. The van der Waals surface area contributed by atoms with E-state index in [2.05, 4.69) is 20.6 Å². The minimum atomic E-state index is -4.70. The number of carboxylic acid groups (broad SMARTS) is 2. The molecule has 6 heterocycles. The van der Waals surface area contributed by atoms with Crippen molar-refractivity contribution in [3.8, 4) is 22.3 Å². The van der Waals surface area contributed by atoms with Crippen LogP contribution < -0.4 is 33.1 Å². The van der Waals surface area contributed by atoms with Gasteiger partial charge in [-0.3, -0.25) is 28.8 Å². The number of aliphatic carboxylic acids is 2. The standard InChI is InChI=1S/C58H51N8O16P/c1-31-47(43-7-3-5-23-63(43)49(31)51(71)37-17-19-39-41(27-37)61-57(77)65(55(39)75)29-45(67)68)33-9-13-35(14-10-33)53(73)59-21-25-81-83(79,80)82-26-22-60-54(74)36-15-11-34(12-16-36)48-32(2)50(64-24-6-4-8-44(48)64)52(72)38-18-20-40-42(28-38)62-58(78)66(56(40)76)30-46(69)70/h3-20,23-24,27,38,79-80,83H,21-22,25-26,28-30H2,1-2H3,(H,59,73)(H,60,74)(H,61,77)(H,62,78)(H,67,68)(H,69,70). The van der Waals surface area contributed by atoms with Gasteiger partial charge in [-0.15, -0.1) is 0 Å². The van der Waals surface area contributed by atoms with Crippen molar-refractivity contribution in [3.63, 3.8) is 0 Å². The van der Waals surface area contributed by atoms with Gasteiger partial charge in [-0.2, -0.15) is 0 Å². The minimum Gasteiger partial charge on any atom is -0.480 e. The third kappa shape index (κ3) is 11.1. The van der Waals surface area contributed by atoms with Crippen LogP contribution in [0.25, 0.3) is 50.3 Å². The van der Waals surface area contributed by atoms with E-state index in [-0.39, 0.29) is 77.4 Å². The molecule has 1 aliphatic rings. The molecule has 25 heteroatoms. The third-order valence-electron chi connectivity index (χ3n) is 14.2. The zero-order chi connectivity index (χ0) is 59.0. The summed E-state index contributed by atoms with van der Waals surface area (Å²) in [6.07, 6.45) is 6.47. The molecule has 0 radical (unpaired) electrons. The summed E-state index contributed by atoms with van der Waals surface area (Å²) >= 11 is 0. The second kappa shape index (κ2) is 22.9. The Labute approximate surface area is 467 Å². The zero-order valence-electron chi connectivity index (χ0n) is 44.1. The number of Topliss-reactive ketones (excluding diaryl/α,β-unsaturated/α-hetero) is 1. The Hall–Kier alpha value is -9.97. The summed E-state index contributed by atoms with van der Waals surface area (Å²) in [6, 6.07) is 28.2. The van der Waals surface area contributed by atoms with Gasteiger partial charge in [-0.05, 0) is 24.3 Å². The summed E-state index contributed by atoms with van der Waals surface area (Å²) < 4.78 is 15.0. The molecule has 0 aliphatic heterocycles. The van der Waals surface area contributed by atoms with E-state index in [1.807, 2.05) is 24.3 Å². The number of hydrogen-bond acceptors (Lipinski definition) is 14. The van der Waals surface area contributed by atoms with Gasteiger partial charge in [0.25, 0.3) is 11.1 Å². The number of fused-ring (bicyclic) bond motifs is 4. The summed E-state index contributed by atoms with van der Waals surface area (Å²) in [4.78, 5) is 154. The number of carboxylic acids is 2. The minimum absolute atomic E-state index is 0.00608. The normalized spacial score (nSPS) is 13.3. The molecule has 6 aromatic heterocycles. The molecular weight excluding hydrogens is 1100 g/mol. The van der Waals surface area contributed by atoms with E-state index in [0.29, 0.717) is 59.4 Å². The fourth-order valence-electron chi connectivity index (χ4n) is 10.4. The fraction of sp³-hybridized carbons (Fsp3) is 0.172. The molecule has 9 aromatic rings. The Balaban J connectivity index is 0.709. The van der Waals surface area contributed by atoms with Gasteiger partial charge in [-0.25, -0.2) is 18.7 Å². The number of allylic oxidation sites excluding steroid dienone is 1. The second-order valence-corrected chi connectivity index (χ2v) is 21.1. The predicted molar refractivity (Wildman–Crippen MR) is 304 cm³/mol. The number of rotatable bonds is 20. The number of amides is 2. The topological polar surface area (TPSA) is 344 Å². The number of H-pyrrole nitrogens is 2. The van der Waals surface area contributed by atoms with Crippen LogP contribution in [0.15, 0.2) is 141 Å². The summed E-state index contributed by atoms with van der Waals surface area (Å²) in [5.74, 6) is -5.16. The van der Waals surface area contributed by atoms with Gasteiger partial charge >= 0.3 is 259 Å². The Morgan fingerprint density at radius 1 is 0.627 bits per heavy atom. The number of pyridine rings is 2. The van der Waals surface area contributed by atoms with Crippen molar-refractivity contribution >= 4 is 71.5 Å². The summed E-state index contributed by atoms with van der Waals surface area (Å²) in [5, 5.41) is 23.6. The van der Waals surface area contributed by atoms with Gasteiger partial charge < -0.3 is 20.2 Å². The van der Waals surface area contributed by atoms with Crippen molar-refractivity contribution in [2.24, 2.45) is 5.92 Å². The molecule has 0 spiro atoms. The van der Waals surface area contributed by atoms with Crippen LogP contribution in [0, 0.1) is 19.8 Å². The molecule has 10 rings (SSSR count). The first-order chi connectivity index (χ1) is 39.7. The van der Waals surface area contributed by atoms with E-state index < -0.39 is 79.2 Å². The van der Waals surface area contributed by atoms with Crippen molar-refractivity contribution < 1.29 is 57.8 Å². The van der Waals surface area contributed by atoms with Crippen molar-refractivity contribution in [1.29, 1.82) is 0 Å². The van der Waals surface area contributed by atoms with E-state index in [4.69, 9.17) is 19.3 Å². The number of benzene rings is 3. The number of carbonyl (C=O) groups is 6. The number of nitrogens with one attached hydrogen (secondary N) is 4. The van der Waals surface area contributed by atoms with E-state index >= 15 is 0 Å². The number of carbonyl (C=O) groups excluding carboxylic acids is 4. The molecule has 0 saturated carbocycles. The number of hydrogen-bond donors (Lipinski definition) is 8. The smallest absolute Gasteiger partial charge is 0.480 e. The van der Waals surface area contributed by atoms with Crippen molar-refractivity contribution in [2.45, 2.75) is 33.4 Å². The number of ketones is 2. The Kier molecular flexibility index (Phi) is 15.5. The van der Waals surface area contributed by atoms with Crippen molar-refractivity contribution in [2.75, 3.05) is 26.3 Å². The molecule has 24 nitrogen and oxygen atoms in total. The monoisotopic (exact) mass is 1150 g/mol. The van der Waals surface area contributed by atoms with Crippen LogP contribution in [0.1, 0.15) is 69.6 Å². The van der Waals surface area contributed by atoms with Crippen molar-refractivity contribution in [3.05, 3.63) is 214 Å². The second-order valence-electron chi connectivity index (χ2n) is 19.5. The third-order valence-corrected chi connectivity index (χ3v) is 15.4. The molecule has 0 saturated heterocycles.